The van der Waals surface area contributed by atoms with E-state index in [-0.39, 0.29) is 0 Å². The normalized spacial score (nSPS) is 20.2. The Labute approximate surface area is 108 Å². The molecule has 1 aliphatic heterocycles. The predicted octanol–water partition coefficient (Wildman–Crippen LogP) is 2.15. The molecule has 1 aromatic rings. The minimum absolute atomic E-state index is 0.327. The summed E-state index contributed by atoms with van der Waals surface area (Å²) in [7, 11) is 2.07. The molecule has 3 nitrogen and oxygen atoms in total. The molecule has 2 rings (SSSR count). The summed E-state index contributed by atoms with van der Waals surface area (Å²) in [5.74, 6) is 0. The Bertz CT molecular complexity index is 353. The molecule has 0 aliphatic carbocycles. The summed E-state index contributed by atoms with van der Waals surface area (Å²) in [5, 5.41) is 4.14. The minimum atomic E-state index is 0.327. The molecular formula is C13H19ClN2O. The van der Waals surface area contributed by atoms with Gasteiger partial charge >= 0.3 is 0 Å². The van der Waals surface area contributed by atoms with E-state index in [1.54, 1.807) is 0 Å². The second-order valence-corrected chi connectivity index (χ2v) is 4.77. The summed E-state index contributed by atoms with van der Waals surface area (Å²) < 4.78 is 5.67. The molecule has 1 aromatic carbocycles. The van der Waals surface area contributed by atoms with Gasteiger partial charge in [-0.05, 0) is 18.6 Å². The molecule has 0 saturated carbocycles. The summed E-state index contributed by atoms with van der Waals surface area (Å²) in [6.45, 7) is 3.70. The van der Waals surface area contributed by atoms with Crippen LogP contribution < -0.4 is 10.2 Å². The number of halogens is 1. The number of para-hydroxylation sites is 1. The van der Waals surface area contributed by atoms with Gasteiger partial charge in [0.2, 0.25) is 0 Å². The summed E-state index contributed by atoms with van der Waals surface area (Å²) in [5.41, 5.74) is 1.08. The quantitative estimate of drug-likeness (QED) is 0.891. The van der Waals surface area contributed by atoms with Gasteiger partial charge in [0.25, 0.3) is 0 Å². The molecule has 1 unspecified atom stereocenters. The van der Waals surface area contributed by atoms with E-state index in [0.717, 1.165) is 43.4 Å². The molecule has 94 valence electrons. The van der Waals surface area contributed by atoms with Crippen molar-refractivity contribution in [3.05, 3.63) is 29.3 Å². The van der Waals surface area contributed by atoms with E-state index in [1.165, 1.54) is 0 Å². The van der Waals surface area contributed by atoms with Gasteiger partial charge in [0.05, 0.1) is 23.4 Å². The Morgan fingerprint density at radius 1 is 1.47 bits per heavy atom. The maximum absolute atomic E-state index is 6.16. The summed E-state index contributed by atoms with van der Waals surface area (Å²) in [6, 6.07) is 7.93. The third kappa shape index (κ3) is 3.60. The van der Waals surface area contributed by atoms with Crippen molar-refractivity contribution in [2.45, 2.75) is 12.5 Å². The van der Waals surface area contributed by atoms with E-state index in [0.29, 0.717) is 6.10 Å². The van der Waals surface area contributed by atoms with Crippen LogP contribution in [0, 0.1) is 0 Å². The number of anilines is 1. The molecule has 4 heteroatoms. The van der Waals surface area contributed by atoms with Crippen LogP contribution in [0.3, 0.4) is 0 Å². The van der Waals surface area contributed by atoms with Crippen molar-refractivity contribution in [2.24, 2.45) is 0 Å². The van der Waals surface area contributed by atoms with Crippen LogP contribution in [-0.2, 0) is 4.74 Å². The van der Waals surface area contributed by atoms with Gasteiger partial charge in [-0.1, -0.05) is 23.7 Å². The highest BCUT2D eigenvalue weighted by Crippen LogP contribution is 2.24. The Morgan fingerprint density at radius 2 is 2.29 bits per heavy atom. The van der Waals surface area contributed by atoms with Crippen LogP contribution in [0.25, 0.3) is 0 Å². The highest BCUT2D eigenvalue weighted by atomic mass is 35.5. The predicted molar refractivity (Wildman–Crippen MR) is 71.9 cm³/mol. The summed E-state index contributed by atoms with van der Waals surface area (Å²) in [4.78, 5) is 2.18. The van der Waals surface area contributed by atoms with Gasteiger partial charge in [-0.15, -0.1) is 0 Å². The topological polar surface area (TPSA) is 24.5 Å². The molecule has 0 amide bonds. The van der Waals surface area contributed by atoms with Gasteiger partial charge in [-0.2, -0.15) is 0 Å². The number of morpholine rings is 1. The zero-order valence-electron chi connectivity index (χ0n) is 10.2. The van der Waals surface area contributed by atoms with Crippen LogP contribution in [0.5, 0.6) is 0 Å². The third-order valence-electron chi connectivity index (χ3n) is 3.05. The first-order chi connectivity index (χ1) is 8.27. The first-order valence-electron chi connectivity index (χ1n) is 6.05. The lowest BCUT2D eigenvalue weighted by molar-refractivity contribution is 0.0250. The van der Waals surface area contributed by atoms with Crippen LogP contribution >= 0.6 is 11.6 Å². The number of rotatable bonds is 4. The van der Waals surface area contributed by atoms with Crippen molar-refractivity contribution in [2.75, 3.05) is 38.2 Å². The molecule has 1 saturated heterocycles. The van der Waals surface area contributed by atoms with Gasteiger partial charge in [-0.3, -0.25) is 0 Å². The number of nitrogens with zero attached hydrogens (tertiary/aromatic N) is 1. The number of ether oxygens (including phenoxy) is 1. The van der Waals surface area contributed by atoms with Crippen LogP contribution in [-0.4, -0.2) is 39.4 Å². The maximum atomic E-state index is 6.16. The first kappa shape index (κ1) is 12.7. The maximum Gasteiger partial charge on any atom is 0.0716 e. The van der Waals surface area contributed by atoms with Gasteiger partial charge < -0.3 is 15.0 Å². The van der Waals surface area contributed by atoms with Crippen molar-refractivity contribution in [1.82, 2.24) is 5.32 Å². The van der Waals surface area contributed by atoms with Gasteiger partial charge in [0.1, 0.15) is 0 Å². The van der Waals surface area contributed by atoms with E-state index in [2.05, 4.69) is 17.3 Å². The monoisotopic (exact) mass is 254 g/mol. The van der Waals surface area contributed by atoms with E-state index in [4.69, 9.17) is 16.3 Å². The van der Waals surface area contributed by atoms with Crippen LogP contribution in [0.15, 0.2) is 24.3 Å². The Kier molecular flexibility index (Phi) is 4.66. The molecule has 1 fully saturated rings. The second-order valence-electron chi connectivity index (χ2n) is 4.36. The number of nitrogens with one attached hydrogen (secondary N) is 1. The summed E-state index contributed by atoms with van der Waals surface area (Å²) >= 11 is 6.16. The first-order valence-corrected chi connectivity index (χ1v) is 6.43. The lowest BCUT2D eigenvalue weighted by Crippen LogP contribution is -2.40. The smallest absolute Gasteiger partial charge is 0.0716 e. The van der Waals surface area contributed by atoms with E-state index >= 15 is 0 Å². The summed E-state index contributed by atoms with van der Waals surface area (Å²) in [6.07, 6.45) is 1.35. The molecule has 0 spiro atoms. The van der Waals surface area contributed by atoms with Crippen molar-refractivity contribution < 1.29 is 4.74 Å². The third-order valence-corrected chi connectivity index (χ3v) is 3.37. The van der Waals surface area contributed by atoms with Crippen molar-refractivity contribution in [3.8, 4) is 0 Å². The fourth-order valence-electron chi connectivity index (χ4n) is 2.02. The van der Waals surface area contributed by atoms with Gasteiger partial charge in [0, 0.05) is 26.7 Å². The Morgan fingerprint density at radius 3 is 3.00 bits per heavy atom. The SMILES string of the molecule is CN(CCC1CNCCO1)c1ccccc1Cl. The lowest BCUT2D eigenvalue weighted by atomic mass is 10.2. The molecule has 0 bridgehead atoms. The number of hydrogen-bond donors (Lipinski definition) is 1. The lowest BCUT2D eigenvalue weighted by Gasteiger charge is -2.27. The zero-order chi connectivity index (χ0) is 12.1. The van der Waals surface area contributed by atoms with E-state index in [1.807, 2.05) is 24.3 Å². The molecule has 1 heterocycles. The fourth-order valence-corrected chi connectivity index (χ4v) is 2.30. The minimum Gasteiger partial charge on any atom is -0.376 e. The van der Waals surface area contributed by atoms with Crippen LogP contribution in [0.1, 0.15) is 6.42 Å². The zero-order valence-corrected chi connectivity index (χ0v) is 10.9. The average Bonchev–Trinajstić information content (AvgIpc) is 2.38. The average molecular weight is 255 g/mol. The molecule has 1 atom stereocenters. The second kappa shape index (κ2) is 6.24. The van der Waals surface area contributed by atoms with Crippen molar-refractivity contribution in [1.29, 1.82) is 0 Å². The molecule has 1 aliphatic rings. The molecule has 0 radical (unpaired) electrons. The molecular weight excluding hydrogens is 236 g/mol. The van der Waals surface area contributed by atoms with Crippen LogP contribution in [0.2, 0.25) is 5.02 Å². The van der Waals surface area contributed by atoms with Gasteiger partial charge in [0.15, 0.2) is 0 Å². The molecule has 17 heavy (non-hydrogen) atoms. The number of hydrogen-bond acceptors (Lipinski definition) is 3. The van der Waals surface area contributed by atoms with Crippen LogP contribution in [0.4, 0.5) is 5.69 Å². The fraction of sp³-hybridized carbons (Fsp3) is 0.538. The van der Waals surface area contributed by atoms with Crippen molar-refractivity contribution in [3.63, 3.8) is 0 Å². The van der Waals surface area contributed by atoms with E-state index < -0.39 is 0 Å². The molecule has 0 aromatic heterocycles. The van der Waals surface area contributed by atoms with Crippen molar-refractivity contribution >= 4 is 17.3 Å². The highest BCUT2D eigenvalue weighted by Gasteiger charge is 2.14. The Hall–Kier alpha value is -0.770. The van der Waals surface area contributed by atoms with E-state index in [9.17, 15) is 0 Å². The number of benzene rings is 1. The Balaban J connectivity index is 1.84. The largest absolute Gasteiger partial charge is 0.376 e. The standard InChI is InChI=1S/C13H19ClN2O/c1-16(13-5-3-2-4-12(13)14)8-6-11-10-15-7-9-17-11/h2-5,11,15H,6-10H2,1H3. The van der Waals surface area contributed by atoms with Gasteiger partial charge in [-0.25, -0.2) is 0 Å². The highest BCUT2D eigenvalue weighted by molar-refractivity contribution is 6.33. The molecule has 1 N–H and O–H groups in total.